The number of fused-ring (bicyclic) bond motifs is 1. The van der Waals surface area contributed by atoms with Gasteiger partial charge in [0.05, 0.1) is 16.2 Å². The number of carbonyl (C=O) groups is 1. The van der Waals surface area contributed by atoms with Crippen molar-refractivity contribution in [2.75, 3.05) is 0 Å². The van der Waals surface area contributed by atoms with Gasteiger partial charge >= 0.3 is 0 Å². The summed E-state index contributed by atoms with van der Waals surface area (Å²) in [4.78, 5) is 12.8. The van der Waals surface area contributed by atoms with Crippen LogP contribution in [0.15, 0.2) is 66.7 Å². The maximum atomic E-state index is 13.5. The minimum atomic E-state index is -0.317. The Hall–Kier alpha value is -2.98. The van der Waals surface area contributed by atoms with Crippen LogP contribution < -0.4 is 0 Å². The standard InChI is InChI=1S/C25H22ClFN2O/c1-25(2,3)15-23(30)16-8-13-20-22(14-16)29(18-11-9-17(27)10-12-18)28-24(20)19-6-4-5-7-21(19)26/h4-14H,15H2,1-3H3. The number of benzene rings is 3. The van der Waals surface area contributed by atoms with Gasteiger partial charge in [0.2, 0.25) is 0 Å². The second-order valence-corrected chi connectivity index (χ2v) is 9.02. The Morgan fingerprint density at radius 3 is 2.40 bits per heavy atom. The molecule has 0 amide bonds. The summed E-state index contributed by atoms with van der Waals surface area (Å²) >= 11 is 6.44. The highest BCUT2D eigenvalue weighted by atomic mass is 35.5. The lowest BCUT2D eigenvalue weighted by Crippen LogP contribution is -2.13. The molecule has 0 aliphatic rings. The Morgan fingerprint density at radius 2 is 1.73 bits per heavy atom. The lowest BCUT2D eigenvalue weighted by Gasteiger charge is -2.16. The molecule has 1 heterocycles. The van der Waals surface area contributed by atoms with E-state index in [1.54, 1.807) is 16.8 Å². The maximum Gasteiger partial charge on any atom is 0.163 e. The van der Waals surface area contributed by atoms with Crippen molar-refractivity contribution in [3.8, 4) is 16.9 Å². The molecule has 0 atom stereocenters. The molecule has 0 aliphatic heterocycles. The van der Waals surface area contributed by atoms with Crippen molar-refractivity contribution >= 4 is 28.3 Å². The van der Waals surface area contributed by atoms with Crippen LogP contribution in [0, 0.1) is 11.2 Å². The zero-order chi connectivity index (χ0) is 21.5. The lowest BCUT2D eigenvalue weighted by molar-refractivity contribution is 0.0940. The Morgan fingerprint density at radius 1 is 1.03 bits per heavy atom. The number of halogens is 2. The molecule has 152 valence electrons. The molecule has 0 fully saturated rings. The highest BCUT2D eigenvalue weighted by molar-refractivity contribution is 6.33. The summed E-state index contributed by atoms with van der Waals surface area (Å²) in [7, 11) is 0. The van der Waals surface area contributed by atoms with Gasteiger partial charge in [-0.3, -0.25) is 4.79 Å². The first kappa shape index (κ1) is 20.3. The van der Waals surface area contributed by atoms with Crippen molar-refractivity contribution in [1.29, 1.82) is 0 Å². The quantitative estimate of drug-likeness (QED) is 0.330. The van der Waals surface area contributed by atoms with Gasteiger partial charge in [-0.05, 0) is 47.9 Å². The molecule has 3 nitrogen and oxygen atoms in total. The average Bonchev–Trinajstić information content (AvgIpc) is 3.06. The monoisotopic (exact) mass is 420 g/mol. The van der Waals surface area contributed by atoms with Crippen molar-refractivity contribution in [2.45, 2.75) is 27.2 Å². The van der Waals surface area contributed by atoms with Gasteiger partial charge in [0.15, 0.2) is 5.78 Å². The lowest BCUT2D eigenvalue weighted by atomic mass is 9.87. The largest absolute Gasteiger partial charge is 0.294 e. The van der Waals surface area contributed by atoms with Crippen LogP contribution in [-0.4, -0.2) is 15.6 Å². The fraction of sp³-hybridized carbons (Fsp3) is 0.200. The molecule has 0 bridgehead atoms. The number of aromatic nitrogens is 2. The molecular formula is C25H22ClFN2O. The smallest absolute Gasteiger partial charge is 0.163 e. The van der Waals surface area contributed by atoms with Gasteiger partial charge < -0.3 is 0 Å². The normalized spacial score (nSPS) is 11.8. The fourth-order valence-electron chi connectivity index (χ4n) is 3.50. The van der Waals surface area contributed by atoms with Crippen molar-refractivity contribution < 1.29 is 9.18 Å². The number of hydrogen-bond donors (Lipinski definition) is 0. The molecule has 4 aromatic rings. The van der Waals surface area contributed by atoms with Gasteiger partial charge in [-0.2, -0.15) is 5.10 Å². The van der Waals surface area contributed by atoms with Crippen LogP contribution in [0.25, 0.3) is 27.8 Å². The number of hydrogen-bond acceptors (Lipinski definition) is 2. The van der Waals surface area contributed by atoms with Gasteiger partial charge in [-0.1, -0.05) is 56.6 Å². The Balaban J connectivity index is 1.93. The summed E-state index contributed by atoms with van der Waals surface area (Å²) in [6.45, 7) is 6.13. The molecule has 0 saturated carbocycles. The molecule has 0 unspecified atom stereocenters. The maximum absolute atomic E-state index is 13.5. The molecule has 0 N–H and O–H groups in total. The van der Waals surface area contributed by atoms with E-state index in [4.69, 9.17) is 16.7 Å². The van der Waals surface area contributed by atoms with Gasteiger partial charge in [0.25, 0.3) is 0 Å². The van der Waals surface area contributed by atoms with E-state index in [0.717, 1.165) is 22.2 Å². The topological polar surface area (TPSA) is 34.9 Å². The van der Waals surface area contributed by atoms with Crippen LogP contribution in [0.5, 0.6) is 0 Å². The summed E-state index contributed by atoms with van der Waals surface area (Å²) in [5.74, 6) is -0.238. The van der Waals surface area contributed by atoms with E-state index in [2.05, 4.69) is 0 Å². The predicted molar refractivity (Wildman–Crippen MR) is 120 cm³/mol. The van der Waals surface area contributed by atoms with Crippen LogP contribution in [0.2, 0.25) is 5.02 Å². The minimum Gasteiger partial charge on any atom is -0.294 e. The molecule has 1 aromatic heterocycles. The zero-order valence-corrected chi connectivity index (χ0v) is 17.9. The van der Waals surface area contributed by atoms with E-state index < -0.39 is 0 Å². The van der Waals surface area contributed by atoms with Gasteiger partial charge in [0, 0.05) is 22.9 Å². The van der Waals surface area contributed by atoms with Crippen molar-refractivity contribution in [2.24, 2.45) is 5.41 Å². The van der Waals surface area contributed by atoms with Crippen LogP contribution >= 0.6 is 11.6 Å². The summed E-state index contributed by atoms with van der Waals surface area (Å²) in [5.41, 5.74) is 3.53. The number of carbonyl (C=O) groups excluding carboxylic acids is 1. The second kappa shape index (κ2) is 7.69. The highest BCUT2D eigenvalue weighted by Crippen LogP contribution is 2.35. The van der Waals surface area contributed by atoms with Crippen molar-refractivity contribution in [3.63, 3.8) is 0 Å². The molecule has 0 spiro atoms. The highest BCUT2D eigenvalue weighted by Gasteiger charge is 2.20. The number of nitrogens with zero attached hydrogens (tertiary/aromatic N) is 2. The first-order valence-corrected chi connectivity index (χ1v) is 10.2. The third-order valence-corrected chi connectivity index (χ3v) is 5.22. The van der Waals surface area contributed by atoms with Crippen LogP contribution in [0.3, 0.4) is 0 Å². The van der Waals surface area contributed by atoms with Crippen LogP contribution in [0.1, 0.15) is 37.6 Å². The molecule has 3 aromatic carbocycles. The summed E-state index contributed by atoms with van der Waals surface area (Å²) in [6.07, 6.45) is 0.445. The van der Waals surface area contributed by atoms with Crippen molar-refractivity contribution in [3.05, 3.63) is 83.1 Å². The third-order valence-electron chi connectivity index (χ3n) is 4.89. The van der Waals surface area contributed by atoms with Crippen LogP contribution in [-0.2, 0) is 0 Å². The molecule has 5 heteroatoms. The van der Waals surface area contributed by atoms with E-state index in [9.17, 15) is 9.18 Å². The summed E-state index contributed by atoms with van der Waals surface area (Å²) in [6, 6.07) is 19.3. The molecule has 4 rings (SSSR count). The first-order valence-electron chi connectivity index (χ1n) is 9.80. The fourth-order valence-corrected chi connectivity index (χ4v) is 3.73. The Bertz CT molecular complexity index is 1240. The van der Waals surface area contributed by atoms with E-state index >= 15 is 0 Å². The zero-order valence-electron chi connectivity index (χ0n) is 17.1. The molecular weight excluding hydrogens is 399 g/mol. The van der Waals surface area contributed by atoms with E-state index in [-0.39, 0.29) is 17.0 Å². The number of ketones is 1. The third kappa shape index (κ3) is 4.01. The van der Waals surface area contributed by atoms with Gasteiger partial charge in [0.1, 0.15) is 11.5 Å². The molecule has 0 saturated heterocycles. The molecule has 0 aliphatic carbocycles. The van der Waals surface area contributed by atoms with Gasteiger partial charge in [-0.25, -0.2) is 9.07 Å². The SMILES string of the molecule is CC(C)(C)CC(=O)c1ccc2c(-c3ccccc3Cl)nn(-c3ccc(F)cc3)c2c1. The van der Waals surface area contributed by atoms with E-state index in [1.807, 2.05) is 63.2 Å². The van der Waals surface area contributed by atoms with E-state index in [0.29, 0.717) is 22.7 Å². The second-order valence-electron chi connectivity index (χ2n) is 8.61. The van der Waals surface area contributed by atoms with Crippen molar-refractivity contribution in [1.82, 2.24) is 9.78 Å². The number of Topliss-reactive ketones (excluding diaryl/α,β-unsaturated/α-hetero) is 1. The predicted octanol–water partition coefficient (Wildman–Crippen LogP) is 7.10. The van der Waals surface area contributed by atoms with Crippen LogP contribution in [0.4, 0.5) is 4.39 Å². The average molecular weight is 421 g/mol. The first-order chi connectivity index (χ1) is 14.2. The molecule has 0 radical (unpaired) electrons. The summed E-state index contributed by atoms with van der Waals surface area (Å²) < 4.78 is 15.2. The number of rotatable bonds is 4. The minimum absolute atomic E-state index is 0.0792. The van der Waals surface area contributed by atoms with E-state index in [1.165, 1.54) is 12.1 Å². The Kier molecular flexibility index (Phi) is 5.20. The summed E-state index contributed by atoms with van der Waals surface area (Å²) in [5, 5.41) is 6.26. The van der Waals surface area contributed by atoms with Gasteiger partial charge in [-0.15, -0.1) is 0 Å². The molecule has 30 heavy (non-hydrogen) atoms. The Labute approximate surface area is 180 Å².